The molecule has 0 fully saturated rings. The topological polar surface area (TPSA) is 87.6 Å². The SMILES string of the molecule is CCC(Oc1c(Cl)cc(CC(C)N)cc1OC)C(N)=O. The van der Waals surface area contributed by atoms with Gasteiger partial charge in [0.2, 0.25) is 0 Å². The average Bonchev–Trinajstić information content (AvgIpc) is 2.35. The van der Waals surface area contributed by atoms with Gasteiger partial charge in [0.05, 0.1) is 12.1 Å². The van der Waals surface area contributed by atoms with Gasteiger partial charge in [-0.25, -0.2) is 0 Å². The van der Waals surface area contributed by atoms with Crippen LogP contribution in [0.3, 0.4) is 0 Å². The Bertz CT molecular complexity index is 478. The smallest absolute Gasteiger partial charge is 0.258 e. The lowest BCUT2D eigenvalue weighted by Gasteiger charge is -2.19. The van der Waals surface area contributed by atoms with Crippen LogP contribution in [0.5, 0.6) is 11.5 Å². The number of primary amides is 1. The van der Waals surface area contributed by atoms with Crippen molar-refractivity contribution >= 4 is 17.5 Å². The number of ether oxygens (including phenoxy) is 2. The molecular weight excluding hydrogens is 280 g/mol. The Labute approximate surface area is 124 Å². The van der Waals surface area contributed by atoms with Gasteiger partial charge in [-0.3, -0.25) is 4.79 Å². The van der Waals surface area contributed by atoms with Crippen LogP contribution in [0, 0.1) is 0 Å². The molecule has 4 N–H and O–H groups in total. The highest BCUT2D eigenvalue weighted by atomic mass is 35.5. The zero-order valence-corrected chi connectivity index (χ0v) is 12.7. The molecule has 0 saturated heterocycles. The van der Waals surface area contributed by atoms with Crippen molar-refractivity contribution in [1.82, 2.24) is 0 Å². The van der Waals surface area contributed by atoms with Gasteiger partial charge in [-0.2, -0.15) is 0 Å². The largest absolute Gasteiger partial charge is 0.493 e. The summed E-state index contributed by atoms with van der Waals surface area (Å²) in [4.78, 5) is 11.3. The lowest BCUT2D eigenvalue weighted by Crippen LogP contribution is -2.33. The Kier molecular flexibility index (Phi) is 6.10. The number of amides is 1. The fourth-order valence-electron chi connectivity index (χ4n) is 1.86. The first-order chi connectivity index (χ1) is 9.38. The number of rotatable bonds is 7. The Hall–Kier alpha value is -1.46. The lowest BCUT2D eigenvalue weighted by molar-refractivity contribution is -0.124. The van der Waals surface area contributed by atoms with E-state index >= 15 is 0 Å². The van der Waals surface area contributed by atoms with Gasteiger partial charge in [0, 0.05) is 6.04 Å². The second-order valence-corrected chi connectivity index (χ2v) is 5.11. The molecule has 1 rings (SSSR count). The van der Waals surface area contributed by atoms with E-state index in [-0.39, 0.29) is 6.04 Å². The summed E-state index contributed by atoms with van der Waals surface area (Å²) in [6.45, 7) is 3.71. The first-order valence-electron chi connectivity index (χ1n) is 6.47. The number of halogens is 1. The number of benzene rings is 1. The zero-order chi connectivity index (χ0) is 15.3. The van der Waals surface area contributed by atoms with Crippen LogP contribution in [-0.2, 0) is 11.2 Å². The van der Waals surface area contributed by atoms with Crippen molar-refractivity contribution < 1.29 is 14.3 Å². The van der Waals surface area contributed by atoms with E-state index in [2.05, 4.69) is 0 Å². The average molecular weight is 301 g/mol. The second kappa shape index (κ2) is 7.36. The maximum absolute atomic E-state index is 11.3. The molecule has 0 aromatic heterocycles. The van der Waals surface area contributed by atoms with Crippen LogP contribution in [0.2, 0.25) is 5.02 Å². The zero-order valence-electron chi connectivity index (χ0n) is 12.0. The van der Waals surface area contributed by atoms with Crippen LogP contribution in [0.4, 0.5) is 0 Å². The molecule has 2 unspecified atom stereocenters. The number of carbonyl (C=O) groups is 1. The highest BCUT2D eigenvalue weighted by Crippen LogP contribution is 2.37. The molecule has 2 atom stereocenters. The Morgan fingerprint density at radius 1 is 1.45 bits per heavy atom. The summed E-state index contributed by atoms with van der Waals surface area (Å²) in [5.41, 5.74) is 12.0. The van der Waals surface area contributed by atoms with E-state index in [4.69, 9.17) is 32.5 Å². The molecule has 112 valence electrons. The van der Waals surface area contributed by atoms with Crippen molar-refractivity contribution in [2.75, 3.05) is 7.11 Å². The van der Waals surface area contributed by atoms with E-state index in [1.54, 1.807) is 19.1 Å². The molecule has 0 aliphatic carbocycles. The molecule has 0 aliphatic heterocycles. The van der Waals surface area contributed by atoms with Crippen molar-refractivity contribution in [3.63, 3.8) is 0 Å². The van der Waals surface area contributed by atoms with Crippen molar-refractivity contribution in [1.29, 1.82) is 0 Å². The van der Waals surface area contributed by atoms with Gasteiger partial charge in [0.25, 0.3) is 5.91 Å². The van der Waals surface area contributed by atoms with Gasteiger partial charge in [0.1, 0.15) is 0 Å². The van der Waals surface area contributed by atoms with Gasteiger partial charge in [-0.15, -0.1) is 0 Å². The summed E-state index contributed by atoms with van der Waals surface area (Å²) >= 11 is 6.20. The minimum Gasteiger partial charge on any atom is -0.493 e. The lowest BCUT2D eigenvalue weighted by atomic mass is 10.1. The summed E-state index contributed by atoms with van der Waals surface area (Å²) in [5.74, 6) is 0.256. The summed E-state index contributed by atoms with van der Waals surface area (Å²) in [7, 11) is 1.51. The fourth-order valence-corrected chi connectivity index (χ4v) is 2.14. The van der Waals surface area contributed by atoms with E-state index < -0.39 is 12.0 Å². The minimum atomic E-state index is -0.735. The monoisotopic (exact) mass is 300 g/mol. The highest BCUT2D eigenvalue weighted by Gasteiger charge is 2.20. The number of hydrogen-bond donors (Lipinski definition) is 2. The third-order valence-corrected chi connectivity index (χ3v) is 3.08. The van der Waals surface area contributed by atoms with Crippen LogP contribution in [0.25, 0.3) is 0 Å². The normalized spacial score (nSPS) is 13.7. The van der Waals surface area contributed by atoms with Crippen LogP contribution >= 0.6 is 11.6 Å². The van der Waals surface area contributed by atoms with Crippen LogP contribution in [0.1, 0.15) is 25.8 Å². The van der Waals surface area contributed by atoms with Crippen molar-refractivity contribution in [3.05, 3.63) is 22.7 Å². The van der Waals surface area contributed by atoms with Gasteiger partial charge in [-0.05, 0) is 37.5 Å². The molecule has 1 amide bonds. The van der Waals surface area contributed by atoms with E-state index in [9.17, 15) is 4.79 Å². The first-order valence-corrected chi connectivity index (χ1v) is 6.84. The van der Waals surface area contributed by atoms with Crippen molar-refractivity contribution in [2.45, 2.75) is 38.8 Å². The number of hydrogen-bond acceptors (Lipinski definition) is 4. The summed E-state index contributed by atoms with van der Waals surface area (Å²) < 4.78 is 10.8. The molecule has 0 radical (unpaired) electrons. The van der Waals surface area contributed by atoms with Crippen LogP contribution < -0.4 is 20.9 Å². The molecule has 0 aliphatic rings. The van der Waals surface area contributed by atoms with Crippen molar-refractivity contribution in [3.8, 4) is 11.5 Å². The van der Waals surface area contributed by atoms with Gasteiger partial charge in [0.15, 0.2) is 17.6 Å². The third kappa shape index (κ3) is 4.28. The van der Waals surface area contributed by atoms with E-state index in [0.29, 0.717) is 29.4 Å². The predicted molar refractivity (Wildman–Crippen MR) is 79.3 cm³/mol. The maximum Gasteiger partial charge on any atom is 0.258 e. The van der Waals surface area contributed by atoms with E-state index in [1.807, 2.05) is 6.92 Å². The maximum atomic E-state index is 11.3. The molecule has 0 spiro atoms. The molecule has 1 aromatic carbocycles. The van der Waals surface area contributed by atoms with Gasteiger partial charge in [-0.1, -0.05) is 18.5 Å². The third-order valence-electron chi connectivity index (χ3n) is 2.80. The number of nitrogens with two attached hydrogens (primary N) is 2. The van der Waals surface area contributed by atoms with E-state index in [1.165, 1.54) is 7.11 Å². The van der Waals surface area contributed by atoms with Crippen molar-refractivity contribution in [2.24, 2.45) is 11.5 Å². The van der Waals surface area contributed by atoms with Gasteiger partial charge < -0.3 is 20.9 Å². The Morgan fingerprint density at radius 3 is 2.55 bits per heavy atom. The molecule has 1 aromatic rings. The number of methoxy groups -OCH3 is 1. The second-order valence-electron chi connectivity index (χ2n) is 4.71. The first kappa shape index (κ1) is 16.6. The minimum absolute atomic E-state index is 0.0107. The number of carbonyl (C=O) groups excluding carboxylic acids is 1. The molecule has 0 saturated carbocycles. The van der Waals surface area contributed by atoms with E-state index in [0.717, 1.165) is 5.56 Å². The predicted octanol–water partition coefficient (Wildman–Crippen LogP) is 1.88. The summed E-state index contributed by atoms with van der Waals surface area (Å²) in [5, 5.41) is 0.375. The molecule has 0 heterocycles. The fraction of sp³-hybridized carbons (Fsp3) is 0.500. The molecule has 5 nitrogen and oxygen atoms in total. The van der Waals surface area contributed by atoms with Crippen LogP contribution in [0.15, 0.2) is 12.1 Å². The summed E-state index contributed by atoms with van der Waals surface area (Å²) in [6.07, 6.45) is 0.389. The summed E-state index contributed by atoms with van der Waals surface area (Å²) in [6, 6.07) is 3.57. The Morgan fingerprint density at radius 2 is 2.10 bits per heavy atom. The van der Waals surface area contributed by atoms with Crippen LogP contribution in [-0.4, -0.2) is 25.2 Å². The quantitative estimate of drug-likeness (QED) is 0.805. The molecule has 20 heavy (non-hydrogen) atoms. The molecule has 0 bridgehead atoms. The Balaban J connectivity index is 3.10. The standard InChI is InChI=1S/C14H21ClN2O3/c1-4-11(14(17)18)20-13-10(15)6-9(5-8(2)16)7-12(13)19-3/h6-8,11H,4-5,16H2,1-3H3,(H2,17,18). The van der Waals surface area contributed by atoms with Gasteiger partial charge >= 0.3 is 0 Å². The molecular formula is C14H21ClN2O3. The highest BCUT2D eigenvalue weighted by molar-refractivity contribution is 6.32. The molecule has 6 heteroatoms.